The van der Waals surface area contributed by atoms with Crippen LogP contribution in [0.15, 0.2) is 24.3 Å². The summed E-state index contributed by atoms with van der Waals surface area (Å²) in [6.07, 6.45) is -3.31. The number of nitrogens with zero attached hydrogens (tertiary/aromatic N) is 2. The van der Waals surface area contributed by atoms with Gasteiger partial charge in [-0.2, -0.15) is 13.2 Å². The number of nitrogens with one attached hydrogen (secondary N) is 1. The van der Waals surface area contributed by atoms with Crippen LogP contribution in [-0.2, 0) is 10.9 Å². The molecule has 3 aromatic rings. The van der Waals surface area contributed by atoms with Crippen LogP contribution in [0.2, 0.25) is 0 Å². The van der Waals surface area contributed by atoms with Crippen molar-refractivity contribution >= 4 is 16.7 Å². The van der Waals surface area contributed by atoms with Crippen molar-refractivity contribution in [2.45, 2.75) is 44.5 Å². The van der Waals surface area contributed by atoms with Gasteiger partial charge in [-0.1, -0.05) is 0 Å². The second kappa shape index (κ2) is 9.10. The second-order valence-corrected chi connectivity index (χ2v) is 8.54. The predicted octanol–water partition coefficient (Wildman–Crippen LogP) is 5.97. The molecule has 1 aliphatic rings. The lowest BCUT2D eigenvalue weighted by Crippen LogP contribution is -2.21. The SMILES string of the molecule is COc1cc2nc(C)nc(N[C@H](C)c3cc(F)cc(C(F)(F)F)c3F)c2cc1OCC1(OC)CC1. The highest BCUT2D eigenvalue weighted by molar-refractivity contribution is 5.92. The lowest BCUT2D eigenvalue weighted by molar-refractivity contribution is -0.140. The average molecular weight is 497 g/mol. The monoisotopic (exact) mass is 497 g/mol. The molecular formula is C24H24F5N3O3. The van der Waals surface area contributed by atoms with E-state index < -0.39 is 35.0 Å². The Hall–Kier alpha value is -3.21. The molecule has 0 saturated heterocycles. The van der Waals surface area contributed by atoms with E-state index in [0.29, 0.717) is 34.8 Å². The maximum absolute atomic E-state index is 14.7. The minimum atomic E-state index is -5.04. The maximum Gasteiger partial charge on any atom is 0.419 e. The van der Waals surface area contributed by atoms with Crippen LogP contribution in [0.1, 0.15) is 42.8 Å². The molecule has 1 aliphatic carbocycles. The van der Waals surface area contributed by atoms with Crippen molar-refractivity contribution in [1.82, 2.24) is 9.97 Å². The molecule has 188 valence electrons. The second-order valence-electron chi connectivity index (χ2n) is 8.54. The maximum atomic E-state index is 14.7. The van der Waals surface area contributed by atoms with Gasteiger partial charge in [-0.25, -0.2) is 18.7 Å². The number of hydrogen-bond acceptors (Lipinski definition) is 6. The number of rotatable bonds is 8. The molecule has 1 heterocycles. The minimum Gasteiger partial charge on any atom is -0.493 e. The molecule has 2 aromatic carbocycles. The molecule has 1 saturated carbocycles. The Bertz CT molecular complexity index is 1260. The van der Waals surface area contributed by atoms with Gasteiger partial charge >= 0.3 is 6.18 Å². The summed E-state index contributed by atoms with van der Waals surface area (Å²) in [4.78, 5) is 8.73. The van der Waals surface area contributed by atoms with Crippen molar-refractivity contribution < 1.29 is 36.2 Å². The van der Waals surface area contributed by atoms with Crippen LogP contribution in [0.25, 0.3) is 10.9 Å². The van der Waals surface area contributed by atoms with Gasteiger partial charge in [0, 0.05) is 24.1 Å². The van der Waals surface area contributed by atoms with Gasteiger partial charge in [0.05, 0.1) is 24.2 Å². The van der Waals surface area contributed by atoms with Crippen LogP contribution in [-0.4, -0.2) is 36.4 Å². The Morgan fingerprint density at radius 1 is 1.06 bits per heavy atom. The number of ether oxygens (including phenoxy) is 3. The topological polar surface area (TPSA) is 65.5 Å². The van der Waals surface area contributed by atoms with Gasteiger partial charge in [0.1, 0.15) is 35.5 Å². The fraction of sp³-hybridized carbons (Fsp3) is 0.417. The summed E-state index contributed by atoms with van der Waals surface area (Å²) in [6.45, 7) is 3.34. The first kappa shape index (κ1) is 24.9. The van der Waals surface area contributed by atoms with Crippen molar-refractivity contribution in [3.63, 3.8) is 0 Å². The lowest BCUT2D eigenvalue weighted by Gasteiger charge is -2.21. The molecule has 1 N–H and O–H groups in total. The molecular weight excluding hydrogens is 473 g/mol. The minimum absolute atomic E-state index is 0.137. The zero-order chi connectivity index (χ0) is 25.5. The van der Waals surface area contributed by atoms with E-state index in [4.69, 9.17) is 14.2 Å². The normalized spacial score (nSPS) is 15.7. The molecule has 0 aliphatic heterocycles. The first-order chi connectivity index (χ1) is 16.5. The van der Waals surface area contributed by atoms with Crippen LogP contribution in [0.3, 0.4) is 0 Å². The van der Waals surface area contributed by atoms with E-state index in [0.717, 1.165) is 18.9 Å². The number of anilines is 1. The van der Waals surface area contributed by atoms with Crippen molar-refractivity contribution in [3.8, 4) is 11.5 Å². The van der Waals surface area contributed by atoms with E-state index in [1.54, 1.807) is 26.2 Å². The van der Waals surface area contributed by atoms with Crippen LogP contribution in [0.4, 0.5) is 27.8 Å². The van der Waals surface area contributed by atoms with Gasteiger partial charge in [0.15, 0.2) is 11.5 Å². The number of hydrogen-bond donors (Lipinski definition) is 1. The molecule has 0 radical (unpaired) electrons. The molecule has 1 fully saturated rings. The smallest absolute Gasteiger partial charge is 0.419 e. The first-order valence-corrected chi connectivity index (χ1v) is 10.8. The van der Waals surface area contributed by atoms with Gasteiger partial charge < -0.3 is 19.5 Å². The number of alkyl halides is 3. The number of aryl methyl sites for hydroxylation is 1. The Kier molecular flexibility index (Phi) is 6.48. The van der Waals surface area contributed by atoms with Crippen LogP contribution < -0.4 is 14.8 Å². The molecule has 6 nitrogen and oxygen atoms in total. The zero-order valence-electron chi connectivity index (χ0n) is 19.5. The third kappa shape index (κ3) is 5.09. The Labute approximate surface area is 198 Å². The Morgan fingerprint density at radius 3 is 2.37 bits per heavy atom. The highest BCUT2D eigenvalue weighted by Gasteiger charge is 2.44. The average Bonchev–Trinajstić information content (AvgIpc) is 3.58. The summed E-state index contributed by atoms with van der Waals surface area (Å²) in [6, 6.07) is 3.09. The fourth-order valence-corrected chi connectivity index (χ4v) is 3.81. The molecule has 35 heavy (non-hydrogen) atoms. The third-order valence-electron chi connectivity index (χ3n) is 6.02. The molecule has 1 atom stereocenters. The summed E-state index contributed by atoms with van der Waals surface area (Å²) in [7, 11) is 3.10. The lowest BCUT2D eigenvalue weighted by atomic mass is 10.0. The summed E-state index contributed by atoms with van der Waals surface area (Å²) in [5.41, 5.74) is -2.02. The van der Waals surface area contributed by atoms with Crippen LogP contribution in [0, 0.1) is 18.6 Å². The number of fused-ring (bicyclic) bond motifs is 1. The summed E-state index contributed by atoms with van der Waals surface area (Å²) >= 11 is 0. The van der Waals surface area contributed by atoms with Crippen molar-refractivity contribution in [2.24, 2.45) is 0 Å². The summed E-state index contributed by atoms with van der Waals surface area (Å²) in [5.74, 6) is -1.35. The zero-order valence-corrected chi connectivity index (χ0v) is 19.5. The van der Waals surface area contributed by atoms with Crippen LogP contribution >= 0.6 is 0 Å². The molecule has 0 amide bonds. The highest BCUT2D eigenvalue weighted by atomic mass is 19.4. The number of halogens is 5. The number of benzene rings is 2. The summed E-state index contributed by atoms with van der Waals surface area (Å²) in [5, 5.41) is 3.37. The van der Waals surface area contributed by atoms with Gasteiger partial charge in [-0.05, 0) is 44.9 Å². The van der Waals surface area contributed by atoms with E-state index >= 15 is 0 Å². The number of methoxy groups -OCH3 is 2. The Morgan fingerprint density at radius 2 is 1.77 bits per heavy atom. The molecule has 0 bridgehead atoms. The molecule has 1 aromatic heterocycles. The van der Waals surface area contributed by atoms with Crippen molar-refractivity contribution in [2.75, 3.05) is 26.1 Å². The molecule has 11 heteroatoms. The Balaban J connectivity index is 1.72. The van der Waals surface area contributed by atoms with E-state index in [9.17, 15) is 22.0 Å². The largest absolute Gasteiger partial charge is 0.493 e. The van der Waals surface area contributed by atoms with E-state index in [1.165, 1.54) is 14.0 Å². The molecule has 0 spiro atoms. The third-order valence-corrected chi connectivity index (χ3v) is 6.02. The van der Waals surface area contributed by atoms with E-state index in [-0.39, 0.29) is 17.5 Å². The standard InChI is InChI=1S/C24H24F5N3O3/c1-12(15-7-14(25)8-17(21(15)26)24(27,28)29)30-22-16-9-20(35-11-23(34-4)5-6-23)19(33-3)10-18(16)31-13(2)32-22/h7-10,12H,5-6,11H2,1-4H3,(H,30,31,32)/t12-/m1/s1. The van der Waals surface area contributed by atoms with E-state index in [1.807, 2.05) is 0 Å². The van der Waals surface area contributed by atoms with Gasteiger partial charge in [0.2, 0.25) is 0 Å². The van der Waals surface area contributed by atoms with Crippen molar-refractivity contribution in [1.29, 1.82) is 0 Å². The fourth-order valence-electron chi connectivity index (χ4n) is 3.81. The van der Waals surface area contributed by atoms with Gasteiger partial charge in [0.25, 0.3) is 0 Å². The number of aromatic nitrogens is 2. The quantitative estimate of drug-likeness (QED) is 0.387. The summed E-state index contributed by atoms with van der Waals surface area (Å²) < 4.78 is 85.0. The van der Waals surface area contributed by atoms with Gasteiger partial charge in [-0.15, -0.1) is 0 Å². The van der Waals surface area contributed by atoms with Crippen LogP contribution in [0.5, 0.6) is 11.5 Å². The van der Waals surface area contributed by atoms with Crippen molar-refractivity contribution in [3.05, 3.63) is 52.9 Å². The highest BCUT2D eigenvalue weighted by Crippen LogP contribution is 2.42. The predicted molar refractivity (Wildman–Crippen MR) is 119 cm³/mol. The molecule has 0 unspecified atom stereocenters. The first-order valence-electron chi connectivity index (χ1n) is 10.8. The van der Waals surface area contributed by atoms with Gasteiger partial charge in [-0.3, -0.25) is 0 Å². The molecule has 4 rings (SSSR count). The van der Waals surface area contributed by atoms with E-state index in [2.05, 4.69) is 15.3 Å².